The van der Waals surface area contributed by atoms with Gasteiger partial charge in [-0.1, -0.05) is 12.1 Å². The van der Waals surface area contributed by atoms with E-state index in [0.29, 0.717) is 17.7 Å². The van der Waals surface area contributed by atoms with Crippen molar-refractivity contribution in [3.63, 3.8) is 0 Å². The highest BCUT2D eigenvalue weighted by Gasteiger charge is 2.28. The topological polar surface area (TPSA) is 74.6 Å². The van der Waals surface area contributed by atoms with Gasteiger partial charge in [0.25, 0.3) is 0 Å². The van der Waals surface area contributed by atoms with Gasteiger partial charge in [0.2, 0.25) is 5.96 Å². The quantitative estimate of drug-likeness (QED) is 0.557. The van der Waals surface area contributed by atoms with Crippen molar-refractivity contribution in [2.24, 2.45) is 9.98 Å². The van der Waals surface area contributed by atoms with E-state index in [-0.39, 0.29) is 11.5 Å². The summed E-state index contributed by atoms with van der Waals surface area (Å²) >= 11 is 0. The molecule has 1 atom stereocenters. The molecule has 1 aromatic rings. The molecular weight excluding hydrogens is 388 g/mol. The molecule has 29 heavy (non-hydrogen) atoms. The Morgan fingerprint density at radius 1 is 1.21 bits per heavy atom. The fourth-order valence-corrected chi connectivity index (χ4v) is 5.87. The lowest BCUT2D eigenvalue weighted by atomic mass is 10.0. The number of aliphatic imine (C=N–C) groups is 2. The predicted molar refractivity (Wildman–Crippen MR) is 116 cm³/mol. The number of fused-ring (bicyclic) bond motifs is 1. The molecule has 0 aromatic heterocycles. The van der Waals surface area contributed by atoms with E-state index in [4.69, 9.17) is 4.74 Å². The molecule has 3 aliphatic rings. The molecule has 7 nitrogen and oxygen atoms in total. The van der Waals surface area contributed by atoms with Crippen LogP contribution in [0, 0.1) is 0 Å². The standard InChI is InChI=1S/C21H28N4O3S/c1-15-13-29(26,27)14-19(15)23-21(22-3)25-9-7-24(8-10-25)16(2)18-5-4-17-6-11-28-20(17)12-18/h4-5,12,16H,3,6-11,13-14H2,1-2H3. The highest BCUT2D eigenvalue weighted by atomic mass is 32.2. The van der Waals surface area contributed by atoms with Crippen molar-refractivity contribution in [1.29, 1.82) is 0 Å². The number of rotatable bonds is 3. The number of benzene rings is 1. The summed E-state index contributed by atoms with van der Waals surface area (Å²) in [6.45, 7) is 11.8. The molecule has 0 aliphatic carbocycles. The van der Waals surface area contributed by atoms with Gasteiger partial charge in [-0.25, -0.2) is 18.4 Å². The summed E-state index contributed by atoms with van der Waals surface area (Å²) in [5.41, 5.74) is 3.98. The number of hydrogen-bond donors (Lipinski definition) is 0. The van der Waals surface area contributed by atoms with Gasteiger partial charge < -0.3 is 9.64 Å². The number of guanidine groups is 1. The Bertz CT molecular complexity index is 976. The first-order valence-electron chi connectivity index (χ1n) is 10.1. The number of hydrogen-bond acceptors (Lipinski definition) is 5. The predicted octanol–water partition coefficient (Wildman–Crippen LogP) is 2.06. The van der Waals surface area contributed by atoms with E-state index in [9.17, 15) is 8.42 Å². The molecule has 0 spiro atoms. The molecule has 3 aliphatic heterocycles. The first-order valence-corrected chi connectivity index (χ1v) is 11.9. The monoisotopic (exact) mass is 416 g/mol. The number of nitrogens with zero attached hydrogens (tertiary/aromatic N) is 4. The second kappa shape index (κ2) is 7.91. The van der Waals surface area contributed by atoms with E-state index >= 15 is 0 Å². The Balaban J connectivity index is 1.41. The summed E-state index contributed by atoms with van der Waals surface area (Å²) in [7, 11) is -3.06. The lowest BCUT2D eigenvalue weighted by molar-refractivity contribution is 0.140. The minimum absolute atomic E-state index is 0.00471. The van der Waals surface area contributed by atoms with Crippen LogP contribution in [-0.4, -0.2) is 75.2 Å². The van der Waals surface area contributed by atoms with Crippen LogP contribution in [0.4, 0.5) is 0 Å². The maximum Gasteiger partial charge on any atom is 0.225 e. The zero-order chi connectivity index (χ0) is 20.6. The Labute approximate surface area is 172 Å². The Hall–Kier alpha value is -2.19. The van der Waals surface area contributed by atoms with Gasteiger partial charge in [-0.15, -0.1) is 0 Å². The fourth-order valence-electron chi connectivity index (χ4n) is 4.21. The first-order chi connectivity index (χ1) is 13.9. The van der Waals surface area contributed by atoms with Gasteiger partial charge in [0, 0.05) is 38.6 Å². The van der Waals surface area contributed by atoms with Crippen molar-refractivity contribution in [2.45, 2.75) is 26.3 Å². The molecule has 1 fully saturated rings. The van der Waals surface area contributed by atoms with E-state index in [2.05, 4.69) is 51.6 Å². The Kier molecular flexibility index (Phi) is 5.48. The van der Waals surface area contributed by atoms with Crippen molar-refractivity contribution < 1.29 is 13.2 Å². The van der Waals surface area contributed by atoms with E-state index < -0.39 is 9.84 Å². The van der Waals surface area contributed by atoms with E-state index in [1.54, 1.807) is 0 Å². The maximum atomic E-state index is 11.8. The summed E-state index contributed by atoms with van der Waals surface area (Å²) in [5, 5.41) is 0. The van der Waals surface area contributed by atoms with Crippen molar-refractivity contribution in [3.8, 4) is 5.75 Å². The molecule has 0 N–H and O–H groups in total. The summed E-state index contributed by atoms with van der Waals surface area (Å²) in [6, 6.07) is 6.86. The summed E-state index contributed by atoms with van der Waals surface area (Å²) < 4.78 is 29.4. The van der Waals surface area contributed by atoms with Crippen molar-refractivity contribution >= 4 is 22.5 Å². The van der Waals surface area contributed by atoms with Crippen molar-refractivity contribution in [1.82, 2.24) is 9.80 Å². The second-order valence-corrected chi connectivity index (χ2v) is 10.1. The highest BCUT2D eigenvalue weighted by Crippen LogP contribution is 2.31. The Morgan fingerprint density at radius 2 is 1.97 bits per heavy atom. The third kappa shape index (κ3) is 4.23. The van der Waals surface area contributed by atoms with Gasteiger partial charge in [-0.2, -0.15) is 0 Å². The molecule has 1 unspecified atom stereocenters. The van der Waals surface area contributed by atoms with Gasteiger partial charge in [-0.05, 0) is 43.3 Å². The van der Waals surface area contributed by atoms with E-state index in [1.807, 2.05) is 6.92 Å². The molecule has 8 heteroatoms. The van der Waals surface area contributed by atoms with Crippen molar-refractivity contribution in [2.75, 3.05) is 44.3 Å². The van der Waals surface area contributed by atoms with Crippen LogP contribution in [0.25, 0.3) is 0 Å². The third-order valence-electron chi connectivity index (χ3n) is 6.01. The van der Waals surface area contributed by atoms with Gasteiger partial charge in [0.05, 0.1) is 23.8 Å². The minimum atomic E-state index is -3.06. The van der Waals surface area contributed by atoms with Crippen LogP contribution >= 0.6 is 0 Å². The molecule has 0 amide bonds. The zero-order valence-electron chi connectivity index (χ0n) is 17.1. The lowest BCUT2D eigenvalue weighted by Gasteiger charge is -2.38. The number of piperazine rings is 1. The molecule has 0 radical (unpaired) electrons. The lowest BCUT2D eigenvalue weighted by Crippen LogP contribution is -2.49. The second-order valence-electron chi connectivity index (χ2n) is 7.99. The largest absolute Gasteiger partial charge is 0.493 e. The molecule has 0 bridgehead atoms. The van der Waals surface area contributed by atoms with Crippen LogP contribution in [0.1, 0.15) is 31.0 Å². The SMILES string of the molecule is C=NC(=NC1=C(C)CS(=O)(=O)C1)N1CCN(C(C)c2ccc3c(c2)OCC3)CC1. The Morgan fingerprint density at radius 3 is 2.62 bits per heavy atom. The smallest absolute Gasteiger partial charge is 0.225 e. The van der Waals surface area contributed by atoms with Crippen molar-refractivity contribution in [3.05, 3.63) is 40.6 Å². The zero-order valence-corrected chi connectivity index (χ0v) is 17.9. The molecule has 0 saturated carbocycles. The van der Waals surface area contributed by atoms with Crippen LogP contribution < -0.4 is 4.74 Å². The number of sulfone groups is 1. The molecular formula is C21H28N4O3S. The van der Waals surface area contributed by atoms with Crippen LogP contribution in [-0.2, 0) is 16.3 Å². The molecule has 1 saturated heterocycles. The fraction of sp³-hybridized carbons (Fsp3) is 0.524. The van der Waals surface area contributed by atoms with Gasteiger partial charge in [0.1, 0.15) is 5.75 Å². The third-order valence-corrected chi connectivity index (χ3v) is 7.60. The average Bonchev–Trinajstić information content (AvgIpc) is 3.27. The first kappa shape index (κ1) is 20.1. The molecule has 1 aromatic carbocycles. The molecule has 4 rings (SSSR count). The van der Waals surface area contributed by atoms with Gasteiger partial charge in [-0.3, -0.25) is 4.90 Å². The van der Waals surface area contributed by atoms with Crippen LogP contribution in [0.2, 0.25) is 0 Å². The highest BCUT2D eigenvalue weighted by molar-refractivity contribution is 7.92. The minimum Gasteiger partial charge on any atom is -0.493 e. The summed E-state index contributed by atoms with van der Waals surface area (Å²) in [4.78, 5) is 13.2. The summed E-state index contributed by atoms with van der Waals surface area (Å²) in [6.07, 6.45) is 0.997. The van der Waals surface area contributed by atoms with E-state index in [1.165, 1.54) is 11.1 Å². The van der Waals surface area contributed by atoms with Crippen LogP contribution in [0.5, 0.6) is 5.75 Å². The van der Waals surface area contributed by atoms with Gasteiger partial charge in [0.15, 0.2) is 9.84 Å². The van der Waals surface area contributed by atoms with E-state index in [0.717, 1.165) is 50.5 Å². The molecule has 156 valence electrons. The number of ether oxygens (including phenoxy) is 1. The molecule has 3 heterocycles. The maximum absolute atomic E-state index is 11.8. The average molecular weight is 417 g/mol. The van der Waals surface area contributed by atoms with Crippen LogP contribution in [0.15, 0.2) is 39.5 Å². The van der Waals surface area contributed by atoms with Gasteiger partial charge >= 0.3 is 0 Å². The summed E-state index contributed by atoms with van der Waals surface area (Å²) in [5.74, 6) is 1.63. The van der Waals surface area contributed by atoms with Crippen LogP contribution in [0.3, 0.4) is 0 Å². The normalized spacial score (nSPS) is 23.1.